The van der Waals surface area contributed by atoms with E-state index in [0.29, 0.717) is 39.7 Å². The van der Waals surface area contributed by atoms with E-state index in [2.05, 4.69) is 53.1 Å². The van der Waals surface area contributed by atoms with E-state index in [-0.39, 0.29) is 35.8 Å². The molecule has 0 radical (unpaired) electrons. The van der Waals surface area contributed by atoms with E-state index >= 15 is 8.78 Å². The van der Waals surface area contributed by atoms with Crippen molar-refractivity contribution in [1.82, 2.24) is 34.9 Å². The minimum Gasteiger partial charge on any atom is -0.444 e. The van der Waals surface area contributed by atoms with E-state index in [1.807, 2.05) is 0 Å². The molecule has 2 aliphatic carbocycles. The Balaban J connectivity index is 1.15. The van der Waals surface area contributed by atoms with Crippen molar-refractivity contribution in [3.63, 3.8) is 0 Å². The summed E-state index contributed by atoms with van der Waals surface area (Å²) in [4.78, 5) is 40.0. The molecular weight excluding hydrogens is 803 g/mol. The number of amides is 2. The second kappa shape index (κ2) is 14.0. The number of rotatable bonds is 7. The first kappa shape index (κ1) is 38.4. The summed E-state index contributed by atoms with van der Waals surface area (Å²) in [6.45, 7) is 4.85. The SMILES string of the molecule is CC(C)(C)OC(=O)N1CCCC1c1ncc(C#Cc2ccc(Br)c([C@H](Cc3cc(F)cc(F)c3)NC(=O)Cn3nc(C(F)(F)F)c4c3C(F)(F)[C@@H]3C[C@H]43)n2)[nH]1. The van der Waals surface area contributed by atoms with Gasteiger partial charge in [-0.1, -0.05) is 0 Å². The van der Waals surface area contributed by atoms with Crippen molar-refractivity contribution in [2.45, 2.75) is 88.7 Å². The number of nitrogens with one attached hydrogen (secondary N) is 2. The molecule has 4 heterocycles. The molecule has 2 amide bonds. The lowest BCUT2D eigenvalue weighted by molar-refractivity contribution is -0.142. The number of hydrogen-bond donors (Lipinski definition) is 2. The summed E-state index contributed by atoms with van der Waals surface area (Å²) in [5.74, 6) is -2.37. The van der Waals surface area contributed by atoms with Gasteiger partial charge in [0.15, 0.2) is 5.69 Å². The maximum Gasteiger partial charge on any atom is 0.435 e. The molecule has 1 saturated carbocycles. The largest absolute Gasteiger partial charge is 0.444 e. The van der Waals surface area contributed by atoms with Crippen LogP contribution in [0.15, 0.2) is 41.0 Å². The Kier molecular flexibility index (Phi) is 9.75. The van der Waals surface area contributed by atoms with E-state index in [1.165, 1.54) is 6.20 Å². The zero-order valence-corrected chi connectivity index (χ0v) is 31.1. The number of H-pyrrole nitrogens is 1. The van der Waals surface area contributed by atoms with Crippen molar-refractivity contribution in [3.8, 4) is 11.8 Å². The summed E-state index contributed by atoms with van der Waals surface area (Å²) in [5.41, 5.74) is -2.84. The number of carbonyl (C=O) groups is 2. The molecule has 18 heteroatoms. The first-order valence-electron chi connectivity index (χ1n) is 17.3. The lowest BCUT2D eigenvalue weighted by Gasteiger charge is -2.27. The number of fused-ring (bicyclic) bond motifs is 3. The highest BCUT2D eigenvalue weighted by Gasteiger charge is 2.68. The molecule has 55 heavy (non-hydrogen) atoms. The minimum absolute atomic E-state index is 0.0938. The highest BCUT2D eigenvalue weighted by Crippen LogP contribution is 2.68. The quantitative estimate of drug-likeness (QED) is 0.145. The second-order valence-electron chi connectivity index (χ2n) is 14.8. The molecule has 10 nitrogen and oxygen atoms in total. The van der Waals surface area contributed by atoms with Gasteiger partial charge in [-0.25, -0.2) is 23.5 Å². The van der Waals surface area contributed by atoms with Gasteiger partial charge in [0.25, 0.3) is 5.92 Å². The number of hydrogen-bond acceptors (Lipinski definition) is 6. The highest BCUT2D eigenvalue weighted by atomic mass is 79.9. The number of benzene rings is 1. The first-order chi connectivity index (χ1) is 25.8. The van der Waals surface area contributed by atoms with E-state index < -0.39 is 82.7 Å². The average molecular weight is 837 g/mol. The van der Waals surface area contributed by atoms with Gasteiger partial charge in [0.2, 0.25) is 5.91 Å². The third-order valence-electron chi connectivity index (χ3n) is 9.51. The zero-order valence-electron chi connectivity index (χ0n) is 29.5. The molecule has 7 rings (SSSR count). The Morgan fingerprint density at radius 2 is 1.85 bits per heavy atom. The summed E-state index contributed by atoms with van der Waals surface area (Å²) < 4.78 is 107. The first-order valence-corrected chi connectivity index (χ1v) is 18.1. The third-order valence-corrected chi connectivity index (χ3v) is 10.2. The fourth-order valence-electron chi connectivity index (χ4n) is 7.21. The van der Waals surface area contributed by atoms with E-state index in [9.17, 15) is 31.5 Å². The van der Waals surface area contributed by atoms with Gasteiger partial charge >= 0.3 is 12.3 Å². The Morgan fingerprint density at radius 1 is 1.13 bits per heavy atom. The second-order valence-corrected chi connectivity index (χ2v) is 15.6. The Labute approximate surface area is 318 Å². The van der Waals surface area contributed by atoms with Crippen LogP contribution in [0.1, 0.15) is 103 Å². The molecule has 0 spiro atoms. The normalized spacial score (nSPS) is 20.3. The number of carbonyl (C=O) groups excluding carboxylic acids is 2. The highest BCUT2D eigenvalue weighted by molar-refractivity contribution is 9.10. The van der Waals surface area contributed by atoms with Crippen LogP contribution in [0.5, 0.6) is 0 Å². The Bertz CT molecular complexity index is 2220. The van der Waals surface area contributed by atoms with Gasteiger partial charge in [-0.3, -0.25) is 14.4 Å². The molecule has 290 valence electrons. The summed E-state index contributed by atoms with van der Waals surface area (Å²) in [5, 5.41) is 6.01. The van der Waals surface area contributed by atoms with Gasteiger partial charge in [0, 0.05) is 28.6 Å². The number of ether oxygens (including phenoxy) is 1. The molecule has 3 aromatic heterocycles. The smallest absolute Gasteiger partial charge is 0.435 e. The van der Waals surface area contributed by atoms with Gasteiger partial charge in [-0.2, -0.15) is 27.1 Å². The minimum atomic E-state index is -5.02. The van der Waals surface area contributed by atoms with Crippen LogP contribution in [0, 0.1) is 29.4 Å². The molecule has 1 aromatic carbocycles. The third kappa shape index (κ3) is 7.94. The number of pyridine rings is 1. The number of aromatic amines is 1. The summed E-state index contributed by atoms with van der Waals surface area (Å²) >= 11 is 3.38. The molecule has 1 saturated heterocycles. The number of likely N-dealkylation sites (tertiary alicyclic amines) is 1. The molecule has 0 bridgehead atoms. The van der Waals surface area contributed by atoms with Crippen LogP contribution >= 0.6 is 15.9 Å². The van der Waals surface area contributed by atoms with Crippen LogP contribution < -0.4 is 5.32 Å². The van der Waals surface area contributed by atoms with Crippen molar-refractivity contribution >= 4 is 27.9 Å². The summed E-state index contributed by atoms with van der Waals surface area (Å²) in [6.07, 6.45) is -2.93. The number of imidazole rings is 1. The van der Waals surface area contributed by atoms with Crippen LogP contribution in [-0.4, -0.2) is 53.8 Å². The standard InChI is InChI=1S/C37H33BrF7N7O3/c1-35(2,3)55-34(54)51-10-4-5-27(51)33-46-16-22(48-33)7-6-21-8-9-25(38)30(47-21)26(13-18-11-19(39)14-20(40)12-18)49-28(53)17-52-32-29(31(50-52)37(43,44)45)23-15-24(23)36(32,41)42/h8-9,11-12,14,16,23-24,26-27H,4-5,10,13,15,17H2,1-3H3,(H,46,48)(H,49,53)/t23-,24+,26-,27?/m0/s1. The van der Waals surface area contributed by atoms with E-state index in [4.69, 9.17) is 4.74 Å². The maximum absolute atomic E-state index is 15.2. The van der Waals surface area contributed by atoms with Gasteiger partial charge < -0.3 is 15.0 Å². The number of halogens is 8. The summed E-state index contributed by atoms with van der Waals surface area (Å²) in [7, 11) is 0. The van der Waals surface area contributed by atoms with Crippen molar-refractivity contribution in [2.75, 3.05) is 6.54 Å². The number of alkyl halides is 5. The Hall–Kier alpha value is -4.92. The molecule has 1 aliphatic heterocycles. The predicted octanol–water partition coefficient (Wildman–Crippen LogP) is 7.84. The van der Waals surface area contributed by atoms with Gasteiger partial charge in [-0.15, -0.1) is 0 Å². The molecule has 4 aromatic rings. The van der Waals surface area contributed by atoms with Crippen molar-refractivity contribution in [2.24, 2.45) is 5.92 Å². The van der Waals surface area contributed by atoms with Crippen molar-refractivity contribution < 1.29 is 45.1 Å². The van der Waals surface area contributed by atoms with Crippen LogP contribution in [0.2, 0.25) is 0 Å². The lowest BCUT2D eigenvalue weighted by atomic mass is 10.0. The van der Waals surface area contributed by atoms with Crippen molar-refractivity contribution in [3.05, 3.63) is 98.1 Å². The van der Waals surface area contributed by atoms with Crippen LogP contribution in [0.3, 0.4) is 0 Å². The topological polar surface area (TPSA) is 118 Å². The number of aromatic nitrogens is 5. The van der Waals surface area contributed by atoms with Crippen LogP contribution in [0.25, 0.3) is 0 Å². The van der Waals surface area contributed by atoms with Crippen molar-refractivity contribution in [1.29, 1.82) is 0 Å². The van der Waals surface area contributed by atoms with E-state index in [0.717, 1.165) is 18.6 Å². The lowest BCUT2D eigenvalue weighted by Crippen LogP contribution is -2.36. The summed E-state index contributed by atoms with van der Waals surface area (Å²) in [6, 6.07) is 4.32. The Morgan fingerprint density at radius 3 is 2.55 bits per heavy atom. The van der Waals surface area contributed by atoms with Crippen LogP contribution in [-0.2, 0) is 34.6 Å². The van der Waals surface area contributed by atoms with Gasteiger partial charge in [0.05, 0.1) is 24.0 Å². The molecule has 3 aliphatic rings. The predicted molar refractivity (Wildman–Crippen MR) is 184 cm³/mol. The molecule has 2 N–H and O–H groups in total. The van der Waals surface area contributed by atoms with Gasteiger partial charge in [-0.05, 0) is 110 Å². The maximum atomic E-state index is 15.2. The zero-order chi connectivity index (χ0) is 39.6. The molecule has 1 unspecified atom stereocenters. The average Bonchev–Trinajstić information content (AvgIpc) is 3.38. The fourth-order valence-corrected chi connectivity index (χ4v) is 7.71. The monoisotopic (exact) mass is 835 g/mol. The van der Waals surface area contributed by atoms with E-state index in [1.54, 1.807) is 37.8 Å². The molecular formula is C37H33BrF7N7O3. The van der Waals surface area contributed by atoms with Gasteiger partial charge in [0.1, 0.15) is 46.7 Å². The molecule has 2 fully saturated rings. The molecule has 4 atom stereocenters. The fraction of sp³-hybridized carbons (Fsp3) is 0.432. The van der Waals surface area contributed by atoms with Crippen LogP contribution in [0.4, 0.5) is 35.5 Å². The number of nitrogens with zero attached hydrogens (tertiary/aromatic N) is 5.